The molecular formula is C29H37FN2O2. The molecule has 0 bridgehead atoms. The van der Waals surface area contributed by atoms with Crippen molar-refractivity contribution >= 4 is 5.97 Å². The lowest BCUT2D eigenvalue weighted by atomic mass is 9.67. The number of carbonyl (C=O) groups is 1. The van der Waals surface area contributed by atoms with E-state index in [1.54, 1.807) is 12.1 Å². The number of hydrogen-bond donors (Lipinski definition) is 2. The molecule has 1 unspecified atom stereocenters. The van der Waals surface area contributed by atoms with Crippen LogP contribution in [0.5, 0.6) is 0 Å². The van der Waals surface area contributed by atoms with Crippen LogP contribution in [0, 0.1) is 22.6 Å². The van der Waals surface area contributed by atoms with E-state index >= 15 is 0 Å². The van der Waals surface area contributed by atoms with E-state index < -0.39 is 11.4 Å². The molecule has 2 aromatic carbocycles. The highest BCUT2D eigenvalue weighted by Crippen LogP contribution is 2.47. The topological polar surface area (TPSA) is 52.6 Å². The number of halogens is 1. The van der Waals surface area contributed by atoms with Gasteiger partial charge in [0.2, 0.25) is 0 Å². The van der Waals surface area contributed by atoms with Gasteiger partial charge in [-0.2, -0.15) is 0 Å². The molecule has 2 aliphatic carbocycles. The van der Waals surface area contributed by atoms with E-state index in [9.17, 15) is 14.3 Å². The summed E-state index contributed by atoms with van der Waals surface area (Å²) >= 11 is 0. The monoisotopic (exact) mass is 464 g/mol. The highest BCUT2D eigenvalue weighted by molar-refractivity contribution is 5.76. The SMILES string of the molecule is O=C(O)C1(CN2CCC(CNC[C@@H]3CC3c3ccccc3)(Cc3ccc(F)cc3)CC2)CCC1. The Kier molecular flexibility index (Phi) is 6.76. The van der Waals surface area contributed by atoms with Crippen LogP contribution in [-0.2, 0) is 11.2 Å². The van der Waals surface area contributed by atoms with Crippen molar-refractivity contribution in [2.75, 3.05) is 32.7 Å². The van der Waals surface area contributed by atoms with Crippen molar-refractivity contribution < 1.29 is 14.3 Å². The molecule has 1 heterocycles. The molecule has 1 aliphatic heterocycles. The lowest BCUT2D eigenvalue weighted by molar-refractivity contribution is -0.156. The molecule has 2 aromatic rings. The molecule has 0 aromatic heterocycles. The molecule has 5 rings (SSSR count). The molecule has 0 spiro atoms. The largest absolute Gasteiger partial charge is 0.481 e. The maximum atomic E-state index is 13.5. The van der Waals surface area contributed by atoms with Gasteiger partial charge in [-0.05, 0) is 98.7 Å². The van der Waals surface area contributed by atoms with Gasteiger partial charge in [0.05, 0.1) is 5.41 Å². The van der Waals surface area contributed by atoms with Gasteiger partial charge in [-0.25, -0.2) is 4.39 Å². The quantitative estimate of drug-likeness (QED) is 0.514. The third-order valence-corrected chi connectivity index (χ3v) is 8.76. The normalized spacial score (nSPS) is 25.4. The highest BCUT2D eigenvalue weighted by atomic mass is 19.1. The van der Waals surface area contributed by atoms with Crippen LogP contribution in [-0.4, -0.2) is 48.7 Å². The molecule has 2 saturated carbocycles. The Balaban J connectivity index is 1.19. The Hall–Kier alpha value is -2.24. The lowest BCUT2D eigenvalue weighted by Gasteiger charge is -2.47. The first kappa shape index (κ1) is 23.5. The summed E-state index contributed by atoms with van der Waals surface area (Å²) in [5.41, 5.74) is 2.24. The van der Waals surface area contributed by atoms with E-state index in [2.05, 4.69) is 40.5 Å². The number of nitrogens with one attached hydrogen (secondary N) is 1. The zero-order valence-corrected chi connectivity index (χ0v) is 20.0. The van der Waals surface area contributed by atoms with E-state index in [1.807, 2.05) is 12.1 Å². The first-order valence-corrected chi connectivity index (χ1v) is 12.9. The minimum Gasteiger partial charge on any atom is -0.481 e. The number of rotatable bonds is 10. The zero-order valence-electron chi connectivity index (χ0n) is 20.0. The van der Waals surface area contributed by atoms with E-state index in [-0.39, 0.29) is 11.2 Å². The number of aliphatic carboxylic acids is 1. The molecule has 1 saturated heterocycles. The Morgan fingerprint density at radius 1 is 1.03 bits per heavy atom. The Labute approximate surface area is 202 Å². The van der Waals surface area contributed by atoms with Crippen LogP contribution in [0.25, 0.3) is 0 Å². The van der Waals surface area contributed by atoms with Crippen molar-refractivity contribution in [3.8, 4) is 0 Å². The van der Waals surface area contributed by atoms with Crippen molar-refractivity contribution in [3.05, 3.63) is 71.5 Å². The van der Waals surface area contributed by atoms with Crippen LogP contribution in [0.3, 0.4) is 0 Å². The summed E-state index contributed by atoms with van der Waals surface area (Å²) in [6.07, 6.45) is 6.93. The van der Waals surface area contributed by atoms with E-state index in [0.29, 0.717) is 18.4 Å². The maximum absolute atomic E-state index is 13.5. The van der Waals surface area contributed by atoms with Crippen LogP contribution < -0.4 is 5.32 Å². The third kappa shape index (κ3) is 5.21. The molecule has 3 fully saturated rings. The van der Waals surface area contributed by atoms with Crippen molar-refractivity contribution in [2.24, 2.45) is 16.7 Å². The number of benzene rings is 2. The van der Waals surface area contributed by atoms with Gasteiger partial charge < -0.3 is 15.3 Å². The van der Waals surface area contributed by atoms with Crippen LogP contribution >= 0.6 is 0 Å². The summed E-state index contributed by atoms with van der Waals surface area (Å²) < 4.78 is 13.5. The molecular weight excluding hydrogens is 427 g/mol. The smallest absolute Gasteiger partial charge is 0.310 e. The van der Waals surface area contributed by atoms with Gasteiger partial charge in [0, 0.05) is 13.1 Å². The van der Waals surface area contributed by atoms with Crippen LogP contribution in [0.1, 0.15) is 55.6 Å². The summed E-state index contributed by atoms with van der Waals surface area (Å²) in [5, 5.41) is 13.6. The number of piperidine rings is 1. The van der Waals surface area contributed by atoms with E-state index in [1.165, 1.54) is 17.5 Å². The molecule has 2 N–H and O–H groups in total. The Bertz CT molecular complexity index is 965. The standard InChI is InChI=1S/C29H37FN2O2/c30-25-9-7-22(8-10-25)18-28(20-31-19-24-17-26(24)23-5-2-1-3-6-23)13-15-32(16-14-28)21-29(27(33)34)11-4-12-29/h1-3,5-10,24,26,31H,4,11-21H2,(H,33,34)/t24-,26?/m0/s1. The van der Waals surface area contributed by atoms with Crippen molar-refractivity contribution in [2.45, 2.75) is 50.9 Å². The second-order valence-corrected chi connectivity index (χ2v) is 11.2. The summed E-state index contributed by atoms with van der Waals surface area (Å²) in [5.74, 6) is 0.574. The number of nitrogens with zero attached hydrogens (tertiary/aromatic N) is 1. The van der Waals surface area contributed by atoms with E-state index in [0.717, 1.165) is 64.7 Å². The van der Waals surface area contributed by atoms with Gasteiger partial charge in [-0.1, -0.05) is 48.9 Å². The first-order chi connectivity index (χ1) is 16.5. The van der Waals surface area contributed by atoms with Crippen LogP contribution in [0.15, 0.2) is 54.6 Å². The number of likely N-dealkylation sites (tertiary alicyclic amines) is 1. The van der Waals surface area contributed by atoms with Crippen molar-refractivity contribution in [3.63, 3.8) is 0 Å². The number of carboxylic acid groups (broad SMARTS) is 1. The van der Waals surface area contributed by atoms with Crippen LogP contribution in [0.2, 0.25) is 0 Å². The molecule has 3 aliphatic rings. The fourth-order valence-corrected chi connectivity index (χ4v) is 6.21. The van der Waals surface area contributed by atoms with Gasteiger partial charge >= 0.3 is 5.97 Å². The summed E-state index contributed by atoms with van der Waals surface area (Å²) in [6, 6.07) is 17.8. The van der Waals surface area contributed by atoms with Crippen molar-refractivity contribution in [1.82, 2.24) is 10.2 Å². The third-order valence-electron chi connectivity index (χ3n) is 8.76. The maximum Gasteiger partial charge on any atom is 0.310 e. The van der Waals surface area contributed by atoms with Crippen molar-refractivity contribution in [1.29, 1.82) is 0 Å². The molecule has 182 valence electrons. The second kappa shape index (κ2) is 9.79. The van der Waals surface area contributed by atoms with Gasteiger partial charge in [0.25, 0.3) is 0 Å². The molecule has 0 radical (unpaired) electrons. The Morgan fingerprint density at radius 2 is 1.74 bits per heavy atom. The lowest BCUT2D eigenvalue weighted by Crippen LogP contribution is -2.52. The highest BCUT2D eigenvalue weighted by Gasteiger charge is 2.47. The summed E-state index contributed by atoms with van der Waals surface area (Å²) in [7, 11) is 0. The molecule has 34 heavy (non-hydrogen) atoms. The summed E-state index contributed by atoms with van der Waals surface area (Å²) in [6.45, 7) is 4.56. The fraction of sp³-hybridized carbons (Fsp3) is 0.552. The molecule has 2 atom stereocenters. The second-order valence-electron chi connectivity index (χ2n) is 11.2. The predicted octanol–water partition coefficient (Wildman–Crippen LogP) is 5.10. The average molecular weight is 465 g/mol. The number of hydrogen-bond acceptors (Lipinski definition) is 3. The minimum atomic E-state index is -0.624. The molecule has 4 nitrogen and oxygen atoms in total. The average Bonchev–Trinajstić information content (AvgIpc) is 3.59. The number of carboxylic acids is 1. The van der Waals surface area contributed by atoms with E-state index in [4.69, 9.17) is 0 Å². The predicted molar refractivity (Wildman–Crippen MR) is 132 cm³/mol. The van der Waals surface area contributed by atoms with Gasteiger partial charge in [0.15, 0.2) is 0 Å². The molecule has 0 amide bonds. The Morgan fingerprint density at radius 3 is 2.35 bits per heavy atom. The van der Waals surface area contributed by atoms with Gasteiger partial charge in [-0.3, -0.25) is 4.79 Å². The fourth-order valence-electron chi connectivity index (χ4n) is 6.21. The minimum absolute atomic E-state index is 0.126. The summed E-state index contributed by atoms with van der Waals surface area (Å²) in [4.78, 5) is 14.2. The first-order valence-electron chi connectivity index (χ1n) is 12.9. The van der Waals surface area contributed by atoms with Crippen LogP contribution in [0.4, 0.5) is 4.39 Å². The zero-order chi connectivity index (χ0) is 23.6. The van der Waals surface area contributed by atoms with Gasteiger partial charge in [-0.15, -0.1) is 0 Å². The molecule has 5 heteroatoms. The van der Waals surface area contributed by atoms with Gasteiger partial charge in [0.1, 0.15) is 5.82 Å².